The van der Waals surface area contributed by atoms with Crippen LogP contribution in [0.25, 0.3) is 22.0 Å². The van der Waals surface area contributed by atoms with E-state index in [1.165, 1.54) is 7.11 Å². The van der Waals surface area contributed by atoms with Gasteiger partial charge in [-0.1, -0.05) is 6.07 Å². The van der Waals surface area contributed by atoms with Crippen molar-refractivity contribution in [1.82, 2.24) is 19.4 Å². The van der Waals surface area contributed by atoms with E-state index in [2.05, 4.69) is 28.7 Å². The molecule has 29 heavy (non-hydrogen) atoms. The highest BCUT2D eigenvalue weighted by molar-refractivity contribution is 5.84. The van der Waals surface area contributed by atoms with E-state index >= 15 is 0 Å². The van der Waals surface area contributed by atoms with Gasteiger partial charge in [-0.25, -0.2) is 9.97 Å². The molecule has 0 radical (unpaired) electrons. The monoisotopic (exact) mass is 393 g/mol. The molecule has 1 saturated heterocycles. The van der Waals surface area contributed by atoms with Crippen molar-refractivity contribution in [3.63, 3.8) is 0 Å². The highest BCUT2D eigenvalue weighted by Gasteiger charge is 2.23. The van der Waals surface area contributed by atoms with E-state index in [0.29, 0.717) is 28.5 Å². The number of methoxy groups -OCH3 is 1. The Bertz CT molecular complexity index is 1080. The lowest BCUT2D eigenvalue weighted by atomic mass is 10.0. The van der Waals surface area contributed by atoms with Gasteiger partial charge in [0.2, 0.25) is 5.88 Å². The van der Waals surface area contributed by atoms with Gasteiger partial charge in [-0.05, 0) is 50.5 Å². The van der Waals surface area contributed by atoms with E-state index in [-0.39, 0.29) is 11.6 Å². The molecular formula is C22H27N5O2. The maximum atomic E-state index is 13.2. The number of hydrogen-bond acceptors (Lipinski definition) is 6. The number of nitrogens with zero attached hydrogens (tertiary/aromatic N) is 4. The van der Waals surface area contributed by atoms with Gasteiger partial charge in [0, 0.05) is 36.9 Å². The maximum absolute atomic E-state index is 13.2. The largest absolute Gasteiger partial charge is 0.480 e. The van der Waals surface area contributed by atoms with Crippen molar-refractivity contribution in [3.8, 4) is 17.0 Å². The highest BCUT2D eigenvalue weighted by atomic mass is 16.5. The van der Waals surface area contributed by atoms with Crippen LogP contribution in [0.15, 0.2) is 41.6 Å². The van der Waals surface area contributed by atoms with Crippen LogP contribution >= 0.6 is 0 Å². The van der Waals surface area contributed by atoms with E-state index in [9.17, 15) is 4.79 Å². The molecule has 0 bridgehead atoms. The fraction of sp³-hybridized carbons (Fsp3) is 0.409. The molecule has 0 atom stereocenters. The van der Waals surface area contributed by atoms with Gasteiger partial charge in [0.1, 0.15) is 0 Å². The van der Waals surface area contributed by atoms with Gasteiger partial charge >= 0.3 is 0 Å². The standard InChI is InChI=1S/C22H27N5O2/c1-14(2)26-8-6-17(7-9-26)27-13-25-20-5-4-15(10-18(20)22(27)28)16-11-19(23)21(29-3)24-12-16/h4-5,10-14,17H,6-9,23H2,1-3H3. The number of nitrogen functional groups attached to an aromatic ring is 1. The number of rotatable bonds is 4. The molecule has 4 rings (SSSR count). The van der Waals surface area contributed by atoms with E-state index in [4.69, 9.17) is 10.5 Å². The van der Waals surface area contributed by atoms with Gasteiger partial charge < -0.3 is 15.4 Å². The van der Waals surface area contributed by atoms with Crippen molar-refractivity contribution in [2.45, 2.75) is 38.8 Å². The summed E-state index contributed by atoms with van der Waals surface area (Å²) in [5, 5.41) is 0.616. The van der Waals surface area contributed by atoms with Crippen molar-refractivity contribution in [3.05, 3.63) is 47.1 Å². The van der Waals surface area contributed by atoms with Crippen LogP contribution < -0.4 is 16.0 Å². The topological polar surface area (TPSA) is 86.3 Å². The number of pyridine rings is 1. The smallest absolute Gasteiger partial charge is 0.261 e. The predicted octanol–water partition coefficient (Wildman–Crippen LogP) is 3.09. The summed E-state index contributed by atoms with van der Waals surface area (Å²) in [6.45, 7) is 6.44. The van der Waals surface area contributed by atoms with Crippen molar-refractivity contribution in [1.29, 1.82) is 0 Å². The second-order valence-electron chi connectivity index (χ2n) is 7.87. The zero-order valence-electron chi connectivity index (χ0n) is 17.1. The molecule has 0 saturated carbocycles. The van der Waals surface area contributed by atoms with Gasteiger partial charge in [0.15, 0.2) is 0 Å². The van der Waals surface area contributed by atoms with Crippen LogP contribution in [0.2, 0.25) is 0 Å². The Morgan fingerprint density at radius 1 is 1.14 bits per heavy atom. The first-order valence-electron chi connectivity index (χ1n) is 10.0. The lowest BCUT2D eigenvalue weighted by Gasteiger charge is -2.35. The average Bonchev–Trinajstić information content (AvgIpc) is 2.74. The van der Waals surface area contributed by atoms with Crippen LogP contribution in [0, 0.1) is 0 Å². The summed E-state index contributed by atoms with van der Waals surface area (Å²) in [5.41, 5.74) is 8.88. The van der Waals surface area contributed by atoms with Crippen LogP contribution in [0.1, 0.15) is 32.7 Å². The predicted molar refractivity (Wildman–Crippen MR) is 115 cm³/mol. The molecule has 2 aromatic heterocycles. The Morgan fingerprint density at radius 2 is 1.90 bits per heavy atom. The Balaban J connectivity index is 1.69. The normalized spacial score (nSPS) is 15.9. The molecule has 0 spiro atoms. The van der Waals surface area contributed by atoms with Crippen molar-refractivity contribution < 1.29 is 4.74 Å². The lowest BCUT2D eigenvalue weighted by Crippen LogP contribution is -2.40. The zero-order valence-corrected chi connectivity index (χ0v) is 17.1. The fourth-order valence-corrected chi connectivity index (χ4v) is 4.05. The number of ether oxygens (including phenoxy) is 1. The minimum atomic E-state index is 0.00860. The summed E-state index contributed by atoms with van der Waals surface area (Å²) in [5.74, 6) is 0.395. The first-order valence-corrected chi connectivity index (χ1v) is 10.0. The summed E-state index contributed by atoms with van der Waals surface area (Å²) in [4.78, 5) is 24.5. The third kappa shape index (κ3) is 3.70. The number of fused-ring (bicyclic) bond motifs is 1. The van der Waals surface area contributed by atoms with Crippen LogP contribution in [0.4, 0.5) is 5.69 Å². The lowest BCUT2D eigenvalue weighted by molar-refractivity contribution is 0.150. The molecule has 0 amide bonds. The van der Waals surface area contributed by atoms with Crippen molar-refractivity contribution >= 4 is 16.6 Å². The first-order chi connectivity index (χ1) is 14.0. The van der Waals surface area contributed by atoms with E-state index < -0.39 is 0 Å². The van der Waals surface area contributed by atoms with E-state index in [1.54, 1.807) is 12.5 Å². The van der Waals surface area contributed by atoms with Crippen LogP contribution in [0.5, 0.6) is 5.88 Å². The molecule has 152 valence electrons. The number of anilines is 1. The van der Waals surface area contributed by atoms with Crippen LogP contribution in [-0.2, 0) is 0 Å². The zero-order chi connectivity index (χ0) is 20.5. The Hall–Kier alpha value is -2.93. The molecule has 1 fully saturated rings. The number of nitrogens with two attached hydrogens (primary N) is 1. The number of piperidine rings is 1. The highest BCUT2D eigenvalue weighted by Crippen LogP contribution is 2.28. The molecule has 3 heterocycles. The second-order valence-corrected chi connectivity index (χ2v) is 7.87. The number of aromatic nitrogens is 3. The Morgan fingerprint density at radius 3 is 2.55 bits per heavy atom. The van der Waals surface area contributed by atoms with Crippen molar-refractivity contribution in [2.75, 3.05) is 25.9 Å². The molecule has 0 aliphatic carbocycles. The summed E-state index contributed by atoms with van der Waals surface area (Å²) in [6, 6.07) is 8.23. The van der Waals surface area contributed by atoms with Crippen molar-refractivity contribution in [2.24, 2.45) is 0 Å². The third-order valence-electron chi connectivity index (χ3n) is 5.81. The molecule has 3 aromatic rings. The molecule has 2 N–H and O–H groups in total. The van der Waals surface area contributed by atoms with E-state index in [1.807, 2.05) is 28.8 Å². The SMILES string of the molecule is COc1ncc(-c2ccc3ncn(C4CCN(C(C)C)CC4)c(=O)c3c2)cc1N. The molecule has 0 unspecified atom stereocenters. The molecule has 1 aliphatic rings. The minimum absolute atomic E-state index is 0.00860. The summed E-state index contributed by atoms with van der Waals surface area (Å²) >= 11 is 0. The first kappa shape index (κ1) is 19.4. The molecule has 1 aliphatic heterocycles. The van der Waals surface area contributed by atoms with E-state index in [0.717, 1.165) is 37.1 Å². The van der Waals surface area contributed by atoms with Crippen LogP contribution in [-0.4, -0.2) is 45.7 Å². The molecule has 7 nitrogen and oxygen atoms in total. The number of likely N-dealkylation sites (tertiary alicyclic amines) is 1. The number of benzene rings is 1. The van der Waals surface area contributed by atoms with Gasteiger partial charge in [-0.2, -0.15) is 0 Å². The summed E-state index contributed by atoms with van der Waals surface area (Å²) in [6.07, 6.45) is 5.33. The molecule has 1 aromatic carbocycles. The van der Waals surface area contributed by atoms with Gasteiger partial charge in [-0.15, -0.1) is 0 Å². The average molecular weight is 393 g/mol. The minimum Gasteiger partial charge on any atom is -0.480 e. The summed E-state index contributed by atoms with van der Waals surface area (Å²) in [7, 11) is 1.54. The summed E-state index contributed by atoms with van der Waals surface area (Å²) < 4.78 is 6.94. The second kappa shape index (κ2) is 7.83. The van der Waals surface area contributed by atoms with Gasteiger partial charge in [-0.3, -0.25) is 9.36 Å². The van der Waals surface area contributed by atoms with Gasteiger partial charge in [0.05, 0.1) is 30.0 Å². The Labute approximate surface area is 170 Å². The van der Waals surface area contributed by atoms with Gasteiger partial charge in [0.25, 0.3) is 5.56 Å². The fourth-order valence-electron chi connectivity index (χ4n) is 4.05. The quantitative estimate of drug-likeness (QED) is 0.733. The Kier molecular flexibility index (Phi) is 5.24. The van der Waals surface area contributed by atoms with Crippen LogP contribution in [0.3, 0.4) is 0 Å². The molecular weight excluding hydrogens is 366 g/mol. The molecule has 7 heteroatoms. The number of hydrogen-bond donors (Lipinski definition) is 1. The maximum Gasteiger partial charge on any atom is 0.261 e. The third-order valence-corrected chi connectivity index (χ3v) is 5.81.